The van der Waals surface area contributed by atoms with Crippen LogP contribution in [0.4, 0.5) is 5.69 Å². The molecule has 2 saturated heterocycles. The van der Waals surface area contributed by atoms with Crippen molar-refractivity contribution in [1.29, 1.82) is 0 Å². The molecule has 2 fully saturated rings. The predicted molar refractivity (Wildman–Crippen MR) is 120 cm³/mol. The molecular weight excluding hydrogens is 422 g/mol. The van der Waals surface area contributed by atoms with E-state index >= 15 is 0 Å². The molecule has 4 unspecified atom stereocenters. The molecule has 3 aliphatic heterocycles. The number of Topliss-reactive ketones (excluding diaryl/α,β-unsaturated/α-hetero) is 2. The summed E-state index contributed by atoms with van der Waals surface area (Å²) in [6, 6.07) is 11.6. The second-order valence-electron chi connectivity index (χ2n) is 8.22. The molecule has 0 N–H and O–H groups in total. The fourth-order valence-electron chi connectivity index (χ4n) is 4.86. The zero-order valence-corrected chi connectivity index (χ0v) is 18.0. The van der Waals surface area contributed by atoms with Crippen LogP contribution in [0.25, 0.3) is 0 Å². The van der Waals surface area contributed by atoms with Gasteiger partial charge >= 0.3 is 0 Å². The number of methoxy groups -OCH3 is 1. The quantitative estimate of drug-likeness (QED) is 0.520. The van der Waals surface area contributed by atoms with E-state index in [-0.39, 0.29) is 17.5 Å². The molecule has 0 saturated carbocycles. The third-order valence-electron chi connectivity index (χ3n) is 6.47. The summed E-state index contributed by atoms with van der Waals surface area (Å²) in [6.07, 6.45) is 5.08. The summed E-state index contributed by atoms with van der Waals surface area (Å²) in [5, 5.41) is 5.93. The van der Waals surface area contributed by atoms with Crippen LogP contribution in [0.1, 0.15) is 27.6 Å². The minimum atomic E-state index is -0.910. The van der Waals surface area contributed by atoms with Crippen LogP contribution in [0.2, 0.25) is 0 Å². The van der Waals surface area contributed by atoms with Crippen LogP contribution in [0.3, 0.4) is 0 Å². The van der Waals surface area contributed by atoms with Gasteiger partial charge in [0.1, 0.15) is 11.8 Å². The molecule has 0 spiro atoms. The van der Waals surface area contributed by atoms with E-state index in [1.54, 1.807) is 71.9 Å². The van der Waals surface area contributed by atoms with Crippen molar-refractivity contribution in [3.05, 3.63) is 71.8 Å². The lowest BCUT2D eigenvalue weighted by Gasteiger charge is -2.30. The zero-order chi connectivity index (χ0) is 23.3. The van der Waals surface area contributed by atoms with Crippen LogP contribution in [-0.4, -0.2) is 53.8 Å². The fourth-order valence-corrected chi connectivity index (χ4v) is 4.86. The topological polar surface area (TPSA) is 96.3 Å². The highest BCUT2D eigenvalue weighted by Crippen LogP contribution is 2.46. The first kappa shape index (κ1) is 20.8. The normalized spacial score (nSPS) is 25.3. The summed E-state index contributed by atoms with van der Waals surface area (Å²) in [7, 11) is 1.54. The van der Waals surface area contributed by atoms with Crippen molar-refractivity contribution >= 4 is 35.3 Å². The summed E-state index contributed by atoms with van der Waals surface area (Å²) in [5.41, 5.74) is 1.28. The average molecular weight is 443 g/mol. The molecule has 2 aromatic carbocycles. The highest BCUT2D eigenvalue weighted by atomic mass is 16.5. The molecule has 8 heteroatoms. The van der Waals surface area contributed by atoms with Crippen LogP contribution in [0.15, 0.2) is 65.8 Å². The summed E-state index contributed by atoms with van der Waals surface area (Å²) in [4.78, 5) is 53.3. The number of anilines is 1. The Hall–Kier alpha value is -4.07. The van der Waals surface area contributed by atoms with Gasteiger partial charge in [-0.25, -0.2) is 4.90 Å². The van der Waals surface area contributed by atoms with Gasteiger partial charge in [-0.3, -0.25) is 24.2 Å². The zero-order valence-electron chi connectivity index (χ0n) is 18.0. The minimum Gasteiger partial charge on any atom is -0.497 e. The summed E-state index contributed by atoms with van der Waals surface area (Å²) < 4.78 is 5.17. The average Bonchev–Trinajstić information content (AvgIpc) is 3.31. The van der Waals surface area contributed by atoms with Crippen molar-refractivity contribution in [3.8, 4) is 5.75 Å². The van der Waals surface area contributed by atoms with E-state index in [4.69, 9.17) is 4.74 Å². The molecule has 166 valence electrons. The van der Waals surface area contributed by atoms with E-state index in [0.717, 1.165) is 4.90 Å². The molecule has 0 bridgehead atoms. The minimum absolute atomic E-state index is 0.108. The number of imide groups is 1. The fraction of sp³-hybridized carbons (Fsp3) is 0.240. The molecule has 8 nitrogen and oxygen atoms in total. The first-order chi connectivity index (χ1) is 15.9. The Balaban J connectivity index is 1.53. The molecule has 3 aliphatic rings. The first-order valence-corrected chi connectivity index (χ1v) is 10.6. The van der Waals surface area contributed by atoms with Gasteiger partial charge in [-0.05, 0) is 61.5 Å². The van der Waals surface area contributed by atoms with Gasteiger partial charge in [0.25, 0.3) is 0 Å². The SMILES string of the molecule is COc1ccc(C(=O)C2C3C(=O)N(c4ccc(C(C)=O)cc4)C(=O)C3C3C=CC=NN32)cc1. The maximum atomic E-state index is 13.6. The Morgan fingerprint density at radius 1 is 0.909 bits per heavy atom. The third-order valence-corrected chi connectivity index (χ3v) is 6.47. The number of hydrogen-bond acceptors (Lipinski definition) is 7. The number of rotatable bonds is 5. The van der Waals surface area contributed by atoms with Crippen molar-refractivity contribution in [2.24, 2.45) is 16.9 Å². The van der Waals surface area contributed by atoms with Gasteiger partial charge in [0.05, 0.1) is 30.7 Å². The Kier molecular flexibility index (Phi) is 4.92. The molecule has 0 aromatic heterocycles. The lowest BCUT2D eigenvalue weighted by Crippen LogP contribution is -2.46. The lowest BCUT2D eigenvalue weighted by atomic mass is 9.86. The van der Waals surface area contributed by atoms with Crippen molar-refractivity contribution < 1.29 is 23.9 Å². The highest BCUT2D eigenvalue weighted by molar-refractivity contribution is 6.24. The van der Waals surface area contributed by atoms with E-state index < -0.39 is 29.8 Å². The molecule has 4 atom stereocenters. The van der Waals surface area contributed by atoms with Crippen LogP contribution < -0.4 is 9.64 Å². The van der Waals surface area contributed by atoms with Gasteiger partial charge < -0.3 is 4.74 Å². The highest BCUT2D eigenvalue weighted by Gasteiger charge is 2.64. The van der Waals surface area contributed by atoms with E-state index in [2.05, 4.69) is 5.10 Å². The number of nitrogens with zero attached hydrogens (tertiary/aromatic N) is 3. The molecule has 5 rings (SSSR count). The number of carbonyl (C=O) groups excluding carboxylic acids is 4. The van der Waals surface area contributed by atoms with Gasteiger partial charge in [-0.15, -0.1) is 0 Å². The largest absolute Gasteiger partial charge is 0.497 e. The maximum Gasteiger partial charge on any atom is 0.240 e. The Bertz CT molecular complexity index is 1220. The van der Waals surface area contributed by atoms with E-state index in [9.17, 15) is 19.2 Å². The number of hydrogen-bond donors (Lipinski definition) is 0. The number of ketones is 2. The molecule has 33 heavy (non-hydrogen) atoms. The van der Waals surface area contributed by atoms with Crippen molar-refractivity contribution in [3.63, 3.8) is 0 Å². The second kappa shape index (κ2) is 7.81. The smallest absolute Gasteiger partial charge is 0.240 e. The maximum absolute atomic E-state index is 13.6. The number of allylic oxidation sites excluding steroid dienone is 1. The van der Waals surface area contributed by atoms with Gasteiger partial charge in [0.2, 0.25) is 11.8 Å². The van der Waals surface area contributed by atoms with Crippen LogP contribution in [-0.2, 0) is 9.59 Å². The van der Waals surface area contributed by atoms with Crippen LogP contribution >= 0.6 is 0 Å². The summed E-state index contributed by atoms with van der Waals surface area (Å²) in [6.45, 7) is 1.45. The number of hydrazone groups is 1. The van der Waals surface area contributed by atoms with E-state index in [1.807, 2.05) is 0 Å². The van der Waals surface area contributed by atoms with Crippen LogP contribution in [0.5, 0.6) is 5.75 Å². The molecule has 2 aromatic rings. The number of amides is 2. The Morgan fingerprint density at radius 2 is 1.55 bits per heavy atom. The van der Waals surface area contributed by atoms with E-state index in [1.165, 1.54) is 14.0 Å². The number of ether oxygens (including phenoxy) is 1. The van der Waals surface area contributed by atoms with Gasteiger partial charge in [-0.1, -0.05) is 6.08 Å². The van der Waals surface area contributed by atoms with Gasteiger partial charge in [-0.2, -0.15) is 5.10 Å². The third kappa shape index (κ3) is 3.17. The monoisotopic (exact) mass is 443 g/mol. The number of benzene rings is 2. The van der Waals surface area contributed by atoms with Crippen molar-refractivity contribution in [2.45, 2.75) is 19.0 Å². The molecule has 2 amide bonds. The number of fused-ring (bicyclic) bond motifs is 3. The van der Waals surface area contributed by atoms with Gasteiger partial charge in [0.15, 0.2) is 11.6 Å². The predicted octanol–water partition coefficient (Wildman–Crippen LogP) is 2.49. The first-order valence-electron chi connectivity index (χ1n) is 10.6. The molecular formula is C25H21N3O5. The second-order valence-corrected chi connectivity index (χ2v) is 8.22. The molecule has 3 heterocycles. The van der Waals surface area contributed by atoms with Crippen molar-refractivity contribution in [1.82, 2.24) is 5.01 Å². The number of carbonyl (C=O) groups is 4. The summed E-state index contributed by atoms with van der Waals surface area (Å²) >= 11 is 0. The van der Waals surface area contributed by atoms with Crippen molar-refractivity contribution in [2.75, 3.05) is 12.0 Å². The molecule has 0 radical (unpaired) electrons. The Labute approximate surface area is 190 Å². The van der Waals surface area contributed by atoms with Gasteiger partial charge in [0, 0.05) is 17.3 Å². The summed E-state index contributed by atoms with van der Waals surface area (Å²) in [5.74, 6) is -2.19. The van der Waals surface area contributed by atoms with E-state index in [0.29, 0.717) is 22.6 Å². The Morgan fingerprint density at radius 3 is 2.18 bits per heavy atom. The molecule has 0 aliphatic carbocycles. The lowest BCUT2D eigenvalue weighted by molar-refractivity contribution is -0.123. The standard InChI is InChI=1S/C25H21N3O5/c1-14(29)15-5-9-17(10-6-15)27-24(31)20-19-4-3-13-26-28(19)22(21(20)25(27)32)23(30)16-7-11-18(33-2)12-8-16/h3-13,19-22H,1-2H3. The van der Waals surface area contributed by atoms with Crippen LogP contribution in [0, 0.1) is 11.8 Å².